The van der Waals surface area contributed by atoms with E-state index in [1.807, 2.05) is 12.1 Å². The van der Waals surface area contributed by atoms with E-state index < -0.39 is 17.2 Å². The van der Waals surface area contributed by atoms with Crippen molar-refractivity contribution in [1.29, 1.82) is 5.26 Å². The van der Waals surface area contributed by atoms with Gasteiger partial charge in [0.05, 0.1) is 11.5 Å². The summed E-state index contributed by atoms with van der Waals surface area (Å²) in [6.07, 6.45) is 4.32. The fraction of sp³-hybridized carbons (Fsp3) is 0.379. The third kappa shape index (κ3) is 4.21. The Balaban J connectivity index is 1.33. The smallest absolute Gasteiger partial charge is 0.248 e. The third-order valence-electron chi connectivity index (χ3n) is 8.83. The summed E-state index contributed by atoms with van der Waals surface area (Å²) in [5, 5.41) is 28.5. The number of likely N-dealkylation sites (tertiary alicyclic amines) is 1. The lowest BCUT2D eigenvalue weighted by Gasteiger charge is -2.39. The van der Waals surface area contributed by atoms with E-state index in [9.17, 15) is 14.9 Å². The number of hydrogen-bond acceptors (Lipinski definition) is 8. The number of benzene rings is 2. The number of primary amides is 2. The van der Waals surface area contributed by atoms with E-state index in [4.69, 9.17) is 11.5 Å². The van der Waals surface area contributed by atoms with Crippen molar-refractivity contribution in [1.82, 2.24) is 30.8 Å². The molecule has 1 unspecified atom stereocenters. The molecule has 2 amide bonds. The van der Waals surface area contributed by atoms with Gasteiger partial charge in [0.1, 0.15) is 6.04 Å². The van der Waals surface area contributed by atoms with E-state index in [1.54, 1.807) is 24.3 Å². The molecule has 0 bridgehead atoms. The Kier molecular flexibility index (Phi) is 6.15. The molecule has 1 saturated carbocycles. The molecule has 40 heavy (non-hydrogen) atoms. The van der Waals surface area contributed by atoms with Crippen molar-refractivity contribution in [3.8, 4) is 6.07 Å². The van der Waals surface area contributed by atoms with Crippen molar-refractivity contribution in [2.24, 2.45) is 16.9 Å². The Hall–Kier alpha value is -4.56. The number of carbonyl (C=O) groups excluding carboxylic acids is 2. The maximum atomic E-state index is 12.0. The Bertz CT molecular complexity index is 1490. The summed E-state index contributed by atoms with van der Waals surface area (Å²) in [6.45, 7) is 6.29. The average molecular weight is 538 g/mol. The van der Waals surface area contributed by atoms with E-state index in [-0.39, 0.29) is 6.04 Å². The van der Waals surface area contributed by atoms with Crippen LogP contribution in [0.2, 0.25) is 0 Å². The van der Waals surface area contributed by atoms with Gasteiger partial charge in [0.2, 0.25) is 11.8 Å². The molecule has 1 aliphatic heterocycles. The number of carbonyl (C=O) groups is 2. The monoisotopic (exact) mass is 537 g/mol. The second-order valence-corrected chi connectivity index (χ2v) is 11.3. The molecule has 0 radical (unpaired) electrons. The van der Waals surface area contributed by atoms with Gasteiger partial charge in [-0.05, 0) is 90.6 Å². The summed E-state index contributed by atoms with van der Waals surface area (Å²) in [4.78, 5) is 26.2. The molecule has 2 heterocycles. The number of fused-ring (bicyclic) bond motifs is 2. The molecule has 2 aromatic carbocycles. The van der Waals surface area contributed by atoms with Gasteiger partial charge in [0, 0.05) is 29.9 Å². The molecule has 3 aromatic rings. The first kappa shape index (κ1) is 25.7. The van der Waals surface area contributed by atoms with Crippen LogP contribution in [-0.4, -0.2) is 63.0 Å². The largest absolute Gasteiger partial charge is 0.366 e. The third-order valence-corrected chi connectivity index (χ3v) is 8.83. The highest BCUT2D eigenvalue weighted by Crippen LogP contribution is 2.55. The summed E-state index contributed by atoms with van der Waals surface area (Å²) in [7, 11) is 0. The van der Waals surface area contributed by atoms with Crippen LogP contribution < -0.4 is 16.8 Å². The Morgan fingerprint density at radius 1 is 1.12 bits per heavy atom. The normalized spacial score (nSPS) is 19.5. The summed E-state index contributed by atoms with van der Waals surface area (Å²) in [5.41, 5.74) is 16.1. The van der Waals surface area contributed by atoms with Crippen molar-refractivity contribution in [3.63, 3.8) is 0 Å². The number of tetrazole rings is 1. The number of nitriles is 1. The highest BCUT2D eigenvalue weighted by molar-refractivity contribution is 5.94. The predicted molar refractivity (Wildman–Crippen MR) is 146 cm³/mol. The van der Waals surface area contributed by atoms with Crippen LogP contribution in [0.3, 0.4) is 0 Å². The van der Waals surface area contributed by atoms with E-state index in [0.717, 1.165) is 40.9 Å². The molecule has 2 aliphatic carbocycles. The van der Waals surface area contributed by atoms with Gasteiger partial charge >= 0.3 is 0 Å². The maximum Gasteiger partial charge on any atom is 0.248 e. The predicted octanol–water partition coefficient (Wildman–Crippen LogP) is 1.51. The van der Waals surface area contributed by atoms with Crippen molar-refractivity contribution in [3.05, 3.63) is 87.9 Å². The van der Waals surface area contributed by atoms with Crippen molar-refractivity contribution >= 4 is 11.8 Å². The molecule has 3 aliphatic rings. The Morgan fingerprint density at radius 2 is 1.77 bits per heavy atom. The number of nitrogens with two attached hydrogens (primary N) is 2. The molecule has 11 nitrogen and oxygen atoms in total. The van der Waals surface area contributed by atoms with Gasteiger partial charge in [-0.1, -0.05) is 23.9 Å². The average Bonchev–Trinajstić information content (AvgIpc) is 3.32. The molecule has 204 valence electrons. The van der Waals surface area contributed by atoms with Crippen LogP contribution in [0.5, 0.6) is 0 Å². The number of aromatic amines is 1. The van der Waals surface area contributed by atoms with Crippen LogP contribution in [0.25, 0.3) is 0 Å². The molecule has 6 N–H and O–H groups in total. The van der Waals surface area contributed by atoms with Crippen LogP contribution in [0.15, 0.2) is 48.7 Å². The van der Waals surface area contributed by atoms with Gasteiger partial charge in [-0.15, -0.1) is 10.2 Å². The molecule has 1 aromatic heterocycles. The SMILES string of the molecule is C=C(CNCCC1(c2nn[nH]n2)c2ccc(C(N)=O)cc2Cc2cc(C(N)=O)ccc21)N1CC2(CC2)CC1C#N. The quantitative estimate of drug-likeness (QED) is 0.296. The van der Waals surface area contributed by atoms with E-state index in [1.165, 1.54) is 12.8 Å². The summed E-state index contributed by atoms with van der Waals surface area (Å²) >= 11 is 0. The highest BCUT2D eigenvalue weighted by Gasteiger charge is 2.52. The molecule has 6 rings (SSSR count). The van der Waals surface area contributed by atoms with Crippen LogP contribution in [-0.2, 0) is 11.8 Å². The molecule has 1 saturated heterocycles. The fourth-order valence-corrected chi connectivity index (χ4v) is 6.59. The van der Waals surface area contributed by atoms with Gasteiger partial charge < -0.3 is 21.7 Å². The number of aromatic nitrogens is 4. The molecule has 1 atom stereocenters. The fourth-order valence-electron chi connectivity index (χ4n) is 6.59. The van der Waals surface area contributed by atoms with Crippen LogP contribution >= 0.6 is 0 Å². The minimum Gasteiger partial charge on any atom is -0.366 e. The lowest BCUT2D eigenvalue weighted by Crippen LogP contribution is -2.40. The first-order valence-corrected chi connectivity index (χ1v) is 13.4. The first-order chi connectivity index (χ1) is 19.3. The van der Waals surface area contributed by atoms with Crippen molar-refractivity contribution in [2.45, 2.75) is 43.6 Å². The van der Waals surface area contributed by atoms with E-state index >= 15 is 0 Å². The second kappa shape index (κ2) is 9.57. The van der Waals surface area contributed by atoms with Gasteiger partial charge in [-0.3, -0.25) is 9.59 Å². The molecular formula is C29H31N9O2. The van der Waals surface area contributed by atoms with Crippen LogP contribution in [0.4, 0.5) is 0 Å². The summed E-state index contributed by atoms with van der Waals surface area (Å²) in [6, 6.07) is 13.2. The lowest BCUT2D eigenvalue weighted by atomic mass is 9.63. The molecule has 1 spiro atoms. The van der Waals surface area contributed by atoms with Crippen LogP contribution in [0, 0.1) is 16.7 Å². The van der Waals surface area contributed by atoms with Gasteiger partial charge in [-0.25, -0.2) is 0 Å². The van der Waals surface area contributed by atoms with Gasteiger partial charge in [0.25, 0.3) is 0 Å². The van der Waals surface area contributed by atoms with Crippen molar-refractivity contribution in [2.75, 3.05) is 19.6 Å². The zero-order chi connectivity index (χ0) is 28.1. The van der Waals surface area contributed by atoms with E-state index in [2.05, 4.69) is 43.5 Å². The Morgan fingerprint density at radius 3 is 2.30 bits per heavy atom. The molecular weight excluding hydrogens is 506 g/mol. The van der Waals surface area contributed by atoms with Gasteiger partial charge in [-0.2, -0.15) is 10.5 Å². The second-order valence-electron chi connectivity index (χ2n) is 11.3. The maximum absolute atomic E-state index is 12.0. The number of nitrogens with zero attached hydrogens (tertiary/aromatic N) is 5. The topological polar surface area (TPSA) is 180 Å². The molecule has 2 fully saturated rings. The van der Waals surface area contributed by atoms with Gasteiger partial charge in [0.15, 0.2) is 5.82 Å². The highest BCUT2D eigenvalue weighted by atomic mass is 16.1. The minimum absolute atomic E-state index is 0.126. The minimum atomic E-state index is -0.822. The number of H-pyrrole nitrogens is 1. The number of nitrogens with one attached hydrogen (secondary N) is 2. The zero-order valence-corrected chi connectivity index (χ0v) is 22.1. The number of amides is 2. The van der Waals surface area contributed by atoms with Crippen molar-refractivity contribution < 1.29 is 9.59 Å². The summed E-state index contributed by atoms with van der Waals surface area (Å²) < 4.78 is 0. The number of hydrogen-bond donors (Lipinski definition) is 4. The number of rotatable bonds is 9. The standard InChI is InChI=1S/C29H31N9O2/c1-17(38-16-28(6-7-28)13-22(38)14-30)15-33-9-8-29(27-34-36-37-35-27)23-4-2-18(25(31)39)10-20(23)12-21-11-19(26(32)40)3-5-24(21)29/h2-5,10-11,22,33H,1,6-9,12-13,15-16H2,(H2,31,39)(H2,32,40)(H,34,35,36,37). The lowest BCUT2D eigenvalue weighted by molar-refractivity contribution is 0.0992. The van der Waals surface area contributed by atoms with E-state index in [0.29, 0.717) is 48.3 Å². The molecule has 11 heteroatoms. The van der Waals surface area contributed by atoms with Crippen LogP contribution in [0.1, 0.15) is 74.5 Å². The first-order valence-electron chi connectivity index (χ1n) is 13.4. The summed E-state index contributed by atoms with van der Waals surface area (Å²) in [5.74, 6) is -0.556. The Labute approximate surface area is 231 Å². The zero-order valence-electron chi connectivity index (χ0n) is 22.1.